The summed E-state index contributed by atoms with van der Waals surface area (Å²) in [7, 11) is 0. The van der Waals surface area contributed by atoms with E-state index in [9.17, 15) is 14.9 Å². The first-order valence-electron chi connectivity index (χ1n) is 6.86. The molecule has 1 saturated heterocycles. The molecular formula is C13H16N4O4. The van der Waals surface area contributed by atoms with E-state index in [1.54, 1.807) is 6.07 Å². The Labute approximate surface area is 121 Å². The summed E-state index contributed by atoms with van der Waals surface area (Å²) in [6, 6.07) is 3.03. The molecule has 0 atom stereocenters. The maximum absolute atomic E-state index is 11.4. The number of fused-ring (bicyclic) bond motifs is 1. The predicted octanol–water partition coefficient (Wildman–Crippen LogP) is 0.725. The lowest BCUT2D eigenvalue weighted by Crippen LogP contribution is -2.30. The minimum absolute atomic E-state index is 0.00630. The van der Waals surface area contributed by atoms with Crippen LogP contribution in [0.4, 0.5) is 17.1 Å². The van der Waals surface area contributed by atoms with Crippen molar-refractivity contribution in [3.05, 3.63) is 22.2 Å². The number of hydrogen-bond donors (Lipinski definition) is 2. The Morgan fingerprint density at radius 1 is 1.29 bits per heavy atom. The largest absolute Gasteiger partial charge is 0.481 e. The van der Waals surface area contributed by atoms with Gasteiger partial charge in [-0.25, -0.2) is 0 Å². The summed E-state index contributed by atoms with van der Waals surface area (Å²) in [6.45, 7) is 2.99. The fourth-order valence-electron chi connectivity index (χ4n) is 2.59. The van der Waals surface area contributed by atoms with E-state index < -0.39 is 4.92 Å². The number of ether oxygens (including phenoxy) is 1. The Hall–Kier alpha value is -2.35. The molecule has 0 bridgehead atoms. The van der Waals surface area contributed by atoms with Crippen molar-refractivity contribution in [3.63, 3.8) is 0 Å². The molecule has 0 radical (unpaired) electrons. The number of hydrogen-bond acceptors (Lipinski definition) is 6. The van der Waals surface area contributed by atoms with Crippen molar-refractivity contribution in [1.29, 1.82) is 0 Å². The van der Waals surface area contributed by atoms with Crippen LogP contribution in [0.2, 0.25) is 0 Å². The Morgan fingerprint density at radius 3 is 2.95 bits per heavy atom. The number of anilines is 2. The summed E-state index contributed by atoms with van der Waals surface area (Å²) in [6.07, 6.45) is 0.914. The van der Waals surface area contributed by atoms with Crippen LogP contribution >= 0.6 is 0 Å². The fourth-order valence-corrected chi connectivity index (χ4v) is 2.59. The third-order valence-electron chi connectivity index (χ3n) is 3.59. The molecule has 2 aliphatic rings. The molecule has 3 rings (SSSR count). The first-order chi connectivity index (χ1) is 10.1. The number of rotatable bonds is 2. The minimum Gasteiger partial charge on any atom is -0.481 e. The number of carbonyl (C=O) groups is 1. The third kappa shape index (κ3) is 2.75. The number of carbonyl (C=O) groups excluding carboxylic acids is 1. The standard InChI is InChI=1S/C13H16N4O4/c18-13-8-21-12-7-11(17(19)20)10(6-9(12)15-13)16-4-1-2-14-3-5-16/h6-7,14H,1-5,8H2,(H,15,18). The van der Waals surface area contributed by atoms with Crippen molar-refractivity contribution in [2.45, 2.75) is 6.42 Å². The Kier molecular flexibility index (Phi) is 3.61. The lowest BCUT2D eigenvalue weighted by atomic mass is 10.1. The van der Waals surface area contributed by atoms with Crippen molar-refractivity contribution in [1.82, 2.24) is 5.32 Å². The van der Waals surface area contributed by atoms with Crippen LogP contribution in [0.5, 0.6) is 5.75 Å². The number of nitro groups is 1. The van der Waals surface area contributed by atoms with Gasteiger partial charge in [0.25, 0.3) is 11.6 Å². The Morgan fingerprint density at radius 2 is 2.14 bits per heavy atom. The molecular weight excluding hydrogens is 276 g/mol. The van der Waals surface area contributed by atoms with Crippen molar-refractivity contribution in [3.8, 4) is 5.75 Å². The van der Waals surface area contributed by atoms with E-state index in [2.05, 4.69) is 10.6 Å². The van der Waals surface area contributed by atoms with Gasteiger partial charge in [0.2, 0.25) is 0 Å². The van der Waals surface area contributed by atoms with Gasteiger partial charge in [0.15, 0.2) is 12.4 Å². The summed E-state index contributed by atoms with van der Waals surface area (Å²) >= 11 is 0. The number of amides is 1. The maximum Gasteiger partial charge on any atom is 0.296 e. The highest BCUT2D eigenvalue weighted by atomic mass is 16.6. The molecule has 21 heavy (non-hydrogen) atoms. The molecule has 2 N–H and O–H groups in total. The zero-order valence-electron chi connectivity index (χ0n) is 11.4. The monoisotopic (exact) mass is 292 g/mol. The molecule has 0 aliphatic carbocycles. The lowest BCUT2D eigenvalue weighted by molar-refractivity contribution is -0.384. The van der Waals surface area contributed by atoms with Crippen LogP contribution in [-0.4, -0.2) is 43.6 Å². The molecule has 2 heterocycles. The average Bonchev–Trinajstić information content (AvgIpc) is 2.74. The molecule has 0 saturated carbocycles. The molecule has 8 nitrogen and oxygen atoms in total. The highest BCUT2D eigenvalue weighted by Crippen LogP contribution is 2.39. The zero-order chi connectivity index (χ0) is 14.8. The molecule has 0 aromatic heterocycles. The number of nitrogens with zero attached hydrogens (tertiary/aromatic N) is 2. The number of nitro benzene ring substituents is 1. The van der Waals surface area contributed by atoms with Crippen LogP contribution in [0, 0.1) is 10.1 Å². The van der Waals surface area contributed by atoms with Gasteiger partial charge in [-0.05, 0) is 19.0 Å². The molecule has 2 aliphatic heterocycles. The van der Waals surface area contributed by atoms with E-state index in [1.165, 1.54) is 6.07 Å². The summed E-state index contributed by atoms with van der Waals surface area (Å²) < 4.78 is 5.25. The maximum atomic E-state index is 11.4. The van der Waals surface area contributed by atoms with Crippen LogP contribution in [0.1, 0.15) is 6.42 Å². The van der Waals surface area contributed by atoms with Crippen molar-refractivity contribution >= 4 is 23.0 Å². The van der Waals surface area contributed by atoms with Gasteiger partial charge in [-0.15, -0.1) is 0 Å². The van der Waals surface area contributed by atoms with Crippen LogP contribution in [0.3, 0.4) is 0 Å². The predicted molar refractivity (Wildman–Crippen MR) is 76.9 cm³/mol. The molecule has 8 heteroatoms. The molecule has 112 valence electrons. The summed E-state index contributed by atoms with van der Waals surface area (Å²) in [5.41, 5.74) is 1.02. The summed E-state index contributed by atoms with van der Waals surface area (Å²) in [5.74, 6) is 0.0952. The first kappa shape index (κ1) is 13.6. The van der Waals surface area contributed by atoms with Crippen molar-refractivity contribution in [2.75, 3.05) is 43.0 Å². The van der Waals surface area contributed by atoms with Gasteiger partial charge in [0.1, 0.15) is 5.69 Å². The van der Waals surface area contributed by atoms with Gasteiger partial charge in [-0.1, -0.05) is 0 Å². The molecule has 1 aromatic carbocycles. The van der Waals surface area contributed by atoms with Gasteiger partial charge in [-0.2, -0.15) is 0 Å². The van der Waals surface area contributed by atoms with E-state index >= 15 is 0 Å². The van der Waals surface area contributed by atoms with Gasteiger partial charge < -0.3 is 20.3 Å². The van der Waals surface area contributed by atoms with Crippen LogP contribution < -0.4 is 20.3 Å². The number of nitrogens with one attached hydrogen (secondary N) is 2. The van der Waals surface area contributed by atoms with E-state index in [-0.39, 0.29) is 18.2 Å². The highest BCUT2D eigenvalue weighted by Gasteiger charge is 2.26. The van der Waals surface area contributed by atoms with Gasteiger partial charge in [0, 0.05) is 19.6 Å². The SMILES string of the molecule is O=C1COc2cc([N+](=O)[O-])c(N3CCCNCC3)cc2N1. The van der Waals surface area contributed by atoms with Crippen molar-refractivity contribution < 1.29 is 14.5 Å². The summed E-state index contributed by atoms with van der Waals surface area (Å²) in [5, 5.41) is 17.3. The Balaban J connectivity index is 2.02. The Bertz CT molecular complexity index is 582. The quantitative estimate of drug-likeness (QED) is 0.616. The van der Waals surface area contributed by atoms with Crippen molar-refractivity contribution in [2.24, 2.45) is 0 Å². The van der Waals surface area contributed by atoms with Gasteiger partial charge >= 0.3 is 0 Å². The van der Waals surface area contributed by atoms with Crippen LogP contribution in [0.25, 0.3) is 0 Å². The highest BCUT2D eigenvalue weighted by molar-refractivity contribution is 5.96. The van der Waals surface area contributed by atoms with E-state index in [0.717, 1.165) is 26.1 Å². The van der Waals surface area contributed by atoms with E-state index in [4.69, 9.17) is 4.74 Å². The smallest absolute Gasteiger partial charge is 0.296 e. The molecule has 0 spiro atoms. The van der Waals surface area contributed by atoms with E-state index in [1.807, 2.05) is 4.90 Å². The minimum atomic E-state index is -0.409. The molecule has 1 amide bonds. The average molecular weight is 292 g/mol. The molecule has 0 unspecified atom stereocenters. The second kappa shape index (κ2) is 5.57. The zero-order valence-corrected chi connectivity index (χ0v) is 11.4. The fraction of sp³-hybridized carbons (Fsp3) is 0.462. The third-order valence-corrected chi connectivity index (χ3v) is 3.59. The second-order valence-electron chi connectivity index (χ2n) is 5.02. The van der Waals surface area contributed by atoms with E-state index in [0.29, 0.717) is 23.7 Å². The second-order valence-corrected chi connectivity index (χ2v) is 5.02. The van der Waals surface area contributed by atoms with Gasteiger partial charge in [0.05, 0.1) is 16.7 Å². The topological polar surface area (TPSA) is 96.7 Å². The first-order valence-corrected chi connectivity index (χ1v) is 6.86. The number of benzene rings is 1. The lowest BCUT2D eigenvalue weighted by Gasteiger charge is -2.25. The van der Waals surface area contributed by atoms with Crippen LogP contribution in [-0.2, 0) is 4.79 Å². The molecule has 1 fully saturated rings. The van der Waals surface area contributed by atoms with Gasteiger partial charge in [-0.3, -0.25) is 14.9 Å². The normalized spacial score (nSPS) is 18.3. The molecule has 1 aromatic rings. The van der Waals surface area contributed by atoms with Crippen LogP contribution in [0.15, 0.2) is 12.1 Å². The summed E-state index contributed by atoms with van der Waals surface area (Å²) in [4.78, 5) is 24.3.